The summed E-state index contributed by atoms with van der Waals surface area (Å²) in [6, 6.07) is 7.19. The number of hydrogen-bond acceptors (Lipinski definition) is 5. The van der Waals surface area contributed by atoms with Gasteiger partial charge in [-0.15, -0.1) is 0 Å². The van der Waals surface area contributed by atoms with E-state index in [0.717, 1.165) is 10.6 Å². The molecule has 25 heavy (non-hydrogen) atoms. The monoisotopic (exact) mass is 358 g/mol. The van der Waals surface area contributed by atoms with E-state index in [9.17, 15) is 9.59 Å². The van der Waals surface area contributed by atoms with Gasteiger partial charge in [-0.25, -0.2) is 4.79 Å². The molecule has 0 aliphatic heterocycles. The third-order valence-corrected chi connectivity index (χ3v) is 4.16. The van der Waals surface area contributed by atoms with Crippen molar-refractivity contribution in [3.8, 4) is 5.75 Å². The number of thiazole rings is 1. The molecule has 0 fully saturated rings. The molecule has 130 valence electrons. The number of rotatable bonds is 7. The van der Waals surface area contributed by atoms with Crippen molar-refractivity contribution < 1.29 is 23.6 Å². The van der Waals surface area contributed by atoms with Gasteiger partial charge in [-0.05, 0) is 30.7 Å². The topological polar surface area (TPSA) is 56.5 Å². The molecule has 0 atom stereocenters. The summed E-state index contributed by atoms with van der Waals surface area (Å²) in [6.45, 7) is 4.99. The van der Waals surface area contributed by atoms with E-state index in [1.54, 1.807) is 30.4 Å². The molecule has 0 aliphatic carbocycles. The van der Waals surface area contributed by atoms with Crippen molar-refractivity contribution in [3.63, 3.8) is 0 Å². The first-order valence-electron chi connectivity index (χ1n) is 7.70. The Morgan fingerprint density at radius 2 is 1.96 bits per heavy atom. The molecule has 1 aromatic heterocycles. The molecule has 6 heteroatoms. The van der Waals surface area contributed by atoms with Gasteiger partial charge in [0.1, 0.15) is 19.4 Å². The molecule has 5 nitrogen and oxygen atoms in total. The van der Waals surface area contributed by atoms with Crippen LogP contribution in [0.25, 0.3) is 12.2 Å². The normalized spacial score (nSPS) is 10.6. The molecule has 0 unspecified atom stereocenters. The van der Waals surface area contributed by atoms with Crippen LogP contribution < -0.4 is 9.30 Å². The minimum Gasteiger partial charge on any atom is -0.462 e. The van der Waals surface area contributed by atoms with E-state index in [0.29, 0.717) is 11.3 Å². The lowest BCUT2D eigenvalue weighted by molar-refractivity contribution is -0.668. The Kier molecular flexibility index (Phi) is 6.65. The van der Waals surface area contributed by atoms with Crippen molar-refractivity contribution in [2.24, 2.45) is 7.05 Å². The number of nitrogens with zero attached hydrogens (tertiary/aromatic N) is 1. The molecule has 0 saturated heterocycles. The zero-order valence-electron chi connectivity index (χ0n) is 14.2. The maximum Gasteiger partial charge on any atom is 0.333 e. The van der Waals surface area contributed by atoms with Crippen LogP contribution in [-0.4, -0.2) is 18.5 Å². The Bertz CT molecular complexity index is 790. The van der Waals surface area contributed by atoms with Crippen molar-refractivity contribution >= 4 is 35.4 Å². The van der Waals surface area contributed by atoms with Gasteiger partial charge in [0.15, 0.2) is 6.20 Å². The van der Waals surface area contributed by atoms with Crippen molar-refractivity contribution in [1.82, 2.24) is 0 Å². The molecule has 1 aromatic carbocycles. The molecule has 1 heterocycles. The lowest BCUT2D eigenvalue weighted by Crippen LogP contribution is -2.26. The summed E-state index contributed by atoms with van der Waals surface area (Å²) in [7, 11) is 1.99. The summed E-state index contributed by atoms with van der Waals surface area (Å²) in [4.78, 5) is 22.9. The van der Waals surface area contributed by atoms with Crippen LogP contribution in [0.15, 0.2) is 48.0 Å². The summed E-state index contributed by atoms with van der Waals surface area (Å²) in [5.74, 6) is -0.512. The number of hydrogen-bond donors (Lipinski definition) is 0. The number of carbonyl (C=O) groups excluding carboxylic acids is 2. The van der Waals surface area contributed by atoms with Gasteiger partial charge < -0.3 is 9.47 Å². The zero-order valence-corrected chi connectivity index (χ0v) is 15.0. The molecular formula is C19H20NO4S+. The van der Waals surface area contributed by atoms with E-state index in [-0.39, 0.29) is 13.0 Å². The Balaban J connectivity index is 1.82. The first-order valence-corrected chi connectivity index (χ1v) is 8.58. The van der Waals surface area contributed by atoms with Crippen molar-refractivity contribution in [3.05, 3.63) is 58.6 Å². The van der Waals surface area contributed by atoms with Crippen molar-refractivity contribution in [1.29, 1.82) is 0 Å². The van der Waals surface area contributed by atoms with E-state index >= 15 is 0 Å². The van der Waals surface area contributed by atoms with Crippen LogP contribution in [0.4, 0.5) is 0 Å². The Hall–Kier alpha value is -2.73. The van der Waals surface area contributed by atoms with Gasteiger partial charge in [-0.3, -0.25) is 4.79 Å². The lowest BCUT2D eigenvalue weighted by Gasteiger charge is -2.06. The molecule has 0 bridgehead atoms. The molecule has 0 radical (unpaired) electrons. The highest BCUT2D eigenvalue weighted by Crippen LogP contribution is 2.15. The van der Waals surface area contributed by atoms with E-state index in [4.69, 9.17) is 9.47 Å². The smallest absolute Gasteiger partial charge is 0.333 e. The number of aromatic nitrogens is 1. The van der Waals surface area contributed by atoms with Crippen LogP contribution in [0.2, 0.25) is 0 Å². The van der Waals surface area contributed by atoms with Crippen LogP contribution in [0.5, 0.6) is 5.75 Å². The minimum atomic E-state index is -0.511. The molecule has 0 spiro atoms. The van der Waals surface area contributed by atoms with Gasteiger partial charge in [0.25, 0.3) is 5.01 Å². The first kappa shape index (κ1) is 18.6. The molecule has 0 saturated carbocycles. The van der Waals surface area contributed by atoms with E-state index in [1.165, 1.54) is 0 Å². The number of esters is 2. The maximum atomic E-state index is 11.7. The Morgan fingerprint density at radius 3 is 2.56 bits per heavy atom. The van der Waals surface area contributed by atoms with Gasteiger partial charge in [0.2, 0.25) is 0 Å². The first-order chi connectivity index (χ1) is 12.0. The maximum absolute atomic E-state index is 11.7. The molecule has 0 aliphatic rings. The van der Waals surface area contributed by atoms with Crippen molar-refractivity contribution in [2.75, 3.05) is 6.61 Å². The third-order valence-electron chi connectivity index (χ3n) is 3.24. The predicted octanol–water partition coefficient (Wildman–Crippen LogP) is 3.16. The summed E-state index contributed by atoms with van der Waals surface area (Å²) < 4.78 is 12.1. The number of ether oxygens (including phenoxy) is 2. The second-order valence-electron chi connectivity index (χ2n) is 5.39. The van der Waals surface area contributed by atoms with E-state index in [2.05, 4.69) is 6.58 Å². The Labute approximate surface area is 150 Å². The molecular weight excluding hydrogens is 338 g/mol. The fraction of sp³-hybridized carbons (Fsp3) is 0.211. The summed E-state index contributed by atoms with van der Waals surface area (Å²) in [5.41, 5.74) is 1.30. The molecule has 0 amide bonds. The fourth-order valence-electron chi connectivity index (χ4n) is 1.85. The highest BCUT2D eigenvalue weighted by atomic mass is 32.1. The predicted molar refractivity (Wildman–Crippen MR) is 96.9 cm³/mol. The van der Waals surface area contributed by atoms with Crippen molar-refractivity contribution in [2.45, 2.75) is 13.3 Å². The van der Waals surface area contributed by atoms with Crippen LogP contribution in [0.3, 0.4) is 0 Å². The number of aryl methyl sites for hydroxylation is 1. The molecule has 2 rings (SSSR count). The second kappa shape index (κ2) is 8.94. The zero-order chi connectivity index (χ0) is 18.2. The summed E-state index contributed by atoms with van der Waals surface area (Å²) in [5, 5.41) is 3.16. The Morgan fingerprint density at radius 1 is 1.24 bits per heavy atom. The fourth-order valence-corrected chi connectivity index (χ4v) is 2.61. The van der Waals surface area contributed by atoms with Crippen LogP contribution in [0.1, 0.15) is 23.9 Å². The number of carbonyl (C=O) groups is 2. The summed E-state index contributed by atoms with van der Waals surface area (Å²) in [6.07, 6.45) is 6.02. The average Bonchev–Trinajstić information content (AvgIpc) is 2.99. The minimum absolute atomic E-state index is 0.00441. The van der Waals surface area contributed by atoms with Crippen LogP contribution in [0, 0.1) is 0 Å². The highest BCUT2D eigenvalue weighted by molar-refractivity contribution is 7.10. The van der Waals surface area contributed by atoms with Gasteiger partial charge in [-0.2, -0.15) is 4.57 Å². The number of benzene rings is 1. The second-order valence-corrected chi connectivity index (χ2v) is 6.32. The van der Waals surface area contributed by atoms with Gasteiger partial charge >= 0.3 is 11.9 Å². The largest absolute Gasteiger partial charge is 0.462 e. The summed E-state index contributed by atoms with van der Waals surface area (Å²) >= 11 is 1.66. The van der Waals surface area contributed by atoms with Gasteiger partial charge in [0.05, 0.1) is 11.8 Å². The van der Waals surface area contributed by atoms with E-state index < -0.39 is 11.9 Å². The van der Waals surface area contributed by atoms with Gasteiger partial charge in [0, 0.05) is 11.6 Å². The molecule has 0 N–H and O–H groups in total. The van der Waals surface area contributed by atoms with Crippen LogP contribution >= 0.6 is 11.3 Å². The molecule has 2 aromatic rings. The third kappa shape index (κ3) is 6.00. The standard InChI is InChI=1S/C19H20NO4S/c1-14(2)19(22)23-12-10-18(21)24-16-7-4-15(5-8-16)6-9-17-20(3)11-13-25-17/h4-9,11,13H,1,10,12H2,2-3H3/q+1. The lowest BCUT2D eigenvalue weighted by atomic mass is 10.2. The van der Waals surface area contributed by atoms with Crippen LogP contribution in [-0.2, 0) is 21.4 Å². The van der Waals surface area contributed by atoms with E-state index in [1.807, 2.05) is 47.5 Å². The van der Waals surface area contributed by atoms with Gasteiger partial charge in [-0.1, -0.05) is 30.0 Å². The quantitative estimate of drug-likeness (QED) is 0.330. The highest BCUT2D eigenvalue weighted by Gasteiger charge is 2.08. The average molecular weight is 358 g/mol. The SMILES string of the molecule is C=C(C)C(=O)OCCC(=O)Oc1ccc(C=Cc2scc[n+]2C)cc1.